The van der Waals surface area contributed by atoms with E-state index in [9.17, 15) is 4.39 Å². The number of halogens is 1. The summed E-state index contributed by atoms with van der Waals surface area (Å²) in [6.45, 7) is 5.52. The van der Waals surface area contributed by atoms with Crippen molar-refractivity contribution in [1.29, 1.82) is 0 Å². The Labute approximate surface area is 106 Å². The third kappa shape index (κ3) is 2.38. The fourth-order valence-electron chi connectivity index (χ4n) is 1.85. The monoisotopic (exact) mass is 245 g/mol. The molecular weight excluding hydrogens is 229 g/mol. The molecule has 1 aromatic heterocycles. The van der Waals surface area contributed by atoms with Crippen LogP contribution >= 0.6 is 0 Å². The standard InChI is InChI=1S/C14H16FN3/c1-8-6-11(4-5-13(8)15)14-17-7-12(9(2)16)10(3)18-14/h4-7,9H,16H2,1-3H3. The fraction of sp³-hybridized carbons (Fsp3) is 0.286. The zero-order chi connectivity index (χ0) is 13.3. The second-order valence-corrected chi connectivity index (χ2v) is 4.49. The molecular formula is C14H16FN3. The molecule has 94 valence electrons. The second kappa shape index (κ2) is 4.82. The highest BCUT2D eigenvalue weighted by atomic mass is 19.1. The van der Waals surface area contributed by atoms with E-state index in [1.54, 1.807) is 25.3 Å². The highest BCUT2D eigenvalue weighted by Gasteiger charge is 2.09. The normalized spacial score (nSPS) is 12.5. The van der Waals surface area contributed by atoms with Crippen molar-refractivity contribution in [3.8, 4) is 11.4 Å². The number of rotatable bonds is 2. The van der Waals surface area contributed by atoms with Crippen LogP contribution in [0.5, 0.6) is 0 Å². The van der Waals surface area contributed by atoms with Crippen LogP contribution in [0, 0.1) is 19.7 Å². The Morgan fingerprint density at radius 3 is 2.56 bits per heavy atom. The van der Waals surface area contributed by atoms with E-state index in [1.165, 1.54) is 6.07 Å². The molecule has 4 heteroatoms. The van der Waals surface area contributed by atoms with Gasteiger partial charge in [0.05, 0.1) is 0 Å². The van der Waals surface area contributed by atoms with Gasteiger partial charge in [-0.2, -0.15) is 0 Å². The van der Waals surface area contributed by atoms with Crippen molar-refractivity contribution in [2.75, 3.05) is 0 Å². The SMILES string of the molecule is Cc1cc(-c2ncc(C(C)N)c(C)n2)ccc1F. The molecule has 3 nitrogen and oxygen atoms in total. The average Bonchev–Trinajstić information content (AvgIpc) is 2.32. The average molecular weight is 245 g/mol. The molecule has 0 aliphatic heterocycles. The van der Waals surface area contributed by atoms with Gasteiger partial charge in [-0.05, 0) is 44.5 Å². The van der Waals surface area contributed by atoms with Crippen LogP contribution in [0.2, 0.25) is 0 Å². The summed E-state index contributed by atoms with van der Waals surface area (Å²) in [5.41, 5.74) is 9.01. The number of nitrogens with zero attached hydrogens (tertiary/aromatic N) is 2. The maximum atomic E-state index is 13.2. The number of nitrogens with two attached hydrogens (primary N) is 1. The topological polar surface area (TPSA) is 51.8 Å². The van der Waals surface area contributed by atoms with Gasteiger partial charge in [-0.1, -0.05) is 0 Å². The van der Waals surface area contributed by atoms with E-state index in [0.717, 1.165) is 16.8 Å². The van der Waals surface area contributed by atoms with Crippen LogP contribution in [-0.4, -0.2) is 9.97 Å². The van der Waals surface area contributed by atoms with E-state index in [-0.39, 0.29) is 11.9 Å². The first kappa shape index (κ1) is 12.6. The van der Waals surface area contributed by atoms with Gasteiger partial charge in [-0.25, -0.2) is 14.4 Å². The first-order valence-corrected chi connectivity index (χ1v) is 5.84. The summed E-state index contributed by atoms with van der Waals surface area (Å²) in [6, 6.07) is 4.77. The molecule has 0 bridgehead atoms. The molecule has 0 saturated heterocycles. The lowest BCUT2D eigenvalue weighted by molar-refractivity contribution is 0.618. The van der Waals surface area contributed by atoms with Crippen LogP contribution < -0.4 is 5.73 Å². The summed E-state index contributed by atoms with van der Waals surface area (Å²) in [5.74, 6) is 0.377. The largest absolute Gasteiger partial charge is 0.324 e. The van der Waals surface area contributed by atoms with Gasteiger partial charge in [-0.15, -0.1) is 0 Å². The first-order valence-electron chi connectivity index (χ1n) is 5.84. The summed E-state index contributed by atoms with van der Waals surface area (Å²) in [6.07, 6.45) is 1.74. The van der Waals surface area contributed by atoms with Crippen molar-refractivity contribution < 1.29 is 4.39 Å². The Balaban J connectivity index is 2.45. The lowest BCUT2D eigenvalue weighted by Crippen LogP contribution is -2.09. The van der Waals surface area contributed by atoms with Gasteiger partial charge in [0.15, 0.2) is 5.82 Å². The van der Waals surface area contributed by atoms with Crippen molar-refractivity contribution in [1.82, 2.24) is 9.97 Å². The van der Waals surface area contributed by atoms with Gasteiger partial charge in [0, 0.05) is 29.1 Å². The van der Waals surface area contributed by atoms with Crippen molar-refractivity contribution in [3.05, 3.63) is 47.0 Å². The highest BCUT2D eigenvalue weighted by molar-refractivity contribution is 5.56. The smallest absolute Gasteiger partial charge is 0.159 e. The number of hydrogen-bond acceptors (Lipinski definition) is 3. The fourth-order valence-corrected chi connectivity index (χ4v) is 1.85. The van der Waals surface area contributed by atoms with E-state index in [2.05, 4.69) is 9.97 Å². The maximum Gasteiger partial charge on any atom is 0.159 e. The van der Waals surface area contributed by atoms with Gasteiger partial charge < -0.3 is 5.73 Å². The molecule has 1 aromatic carbocycles. The van der Waals surface area contributed by atoms with Crippen LogP contribution in [0.25, 0.3) is 11.4 Å². The molecule has 0 fully saturated rings. The molecule has 1 atom stereocenters. The summed E-state index contributed by atoms with van der Waals surface area (Å²) < 4.78 is 13.2. The van der Waals surface area contributed by atoms with E-state index < -0.39 is 0 Å². The molecule has 2 N–H and O–H groups in total. The molecule has 0 spiro atoms. The minimum absolute atomic E-state index is 0.0889. The minimum Gasteiger partial charge on any atom is -0.324 e. The minimum atomic E-state index is -0.220. The molecule has 0 aliphatic rings. The quantitative estimate of drug-likeness (QED) is 0.885. The Kier molecular flexibility index (Phi) is 3.39. The van der Waals surface area contributed by atoms with E-state index in [4.69, 9.17) is 5.73 Å². The molecule has 0 saturated carbocycles. The third-order valence-corrected chi connectivity index (χ3v) is 2.92. The molecule has 0 aliphatic carbocycles. The van der Waals surface area contributed by atoms with Crippen LogP contribution in [0.1, 0.15) is 29.8 Å². The molecule has 0 radical (unpaired) electrons. The molecule has 2 rings (SSSR count). The molecule has 18 heavy (non-hydrogen) atoms. The zero-order valence-corrected chi connectivity index (χ0v) is 10.7. The first-order chi connectivity index (χ1) is 8.49. The zero-order valence-electron chi connectivity index (χ0n) is 10.7. The Hall–Kier alpha value is -1.81. The number of aromatic nitrogens is 2. The summed E-state index contributed by atoms with van der Waals surface area (Å²) in [4.78, 5) is 8.71. The van der Waals surface area contributed by atoms with Crippen LogP contribution in [0.4, 0.5) is 4.39 Å². The van der Waals surface area contributed by atoms with Gasteiger partial charge >= 0.3 is 0 Å². The van der Waals surface area contributed by atoms with Crippen LogP contribution in [0.3, 0.4) is 0 Å². The lowest BCUT2D eigenvalue weighted by Gasteiger charge is -2.10. The molecule has 1 heterocycles. The third-order valence-electron chi connectivity index (χ3n) is 2.92. The van der Waals surface area contributed by atoms with E-state index in [0.29, 0.717) is 11.4 Å². The van der Waals surface area contributed by atoms with Crippen molar-refractivity contribution >= 4 is 0 Å². The molecule has 2 aromatic rings. The van der Waals surface area contributed by atoms with Crippen LogP contribution in [-0.2, 0) is 0 Å². The summed E-state index contributed by atoms with van der Waals surface area (Å²) >= 11 is 0. The second-order valence-electron chi connectivity index (χ2n) is 4.49. The number of hydrogen-bond donors (Lipinski definition) is 1. The Morgan fingerprint density at radius 2 is 2.00 bits per heavy atom. The molecule has 0 amide bonds. The van der Waals surface area contributed by atoms with Crippen molar-refractivity contribution in [2.24, 2.45) is 5.73 Å². The van der Waals surface area contributed by atoms with E-state index >= 15 is 0 Å². The van der Waals surface area contributed by atoms with Gasteiger partial charge in [-0.3, -0.25) is 0 Å². The predicted octanol–water partition coefficient (Wildman–Crippen LogP) is 2.92. The number of benzene rings is 1. The summed E-state index contributed by atoms with van der Waals surface area (Å²) in [7, 11) is 0. The van der Waals surface area contributed by atoms with Gasteiger partial charge in [0.2, 0.25) is 0 Å². The maximum absolute atomic E-state index is 13.2. The number of aryl methyl sites for hydroxylation is 2. The van der Waals surface area contributed by atoms with Gasteiger partial charge in [0.25, 0.3) is 0 Å². The van der Waals surface area contributed by atoms with Crippen LogP contribution in [0.15, 0.2) is 24.4 Å². The summed E-state index contributed by atoms with van der Waals surface area (Å²) in [5, 5.41) is 0. The van der Waals surface area contributed by atoms with Crippen molar-refractivity contribution in [3.63, 3.8) is 0 Å². The lowest BCUT2D eigenvalue weighted by atomic mass is 10.1. The van der Waals surface area contributed by atoms with E-state index in [1.807, 2.05) is 13.8 Å². The highest BCUT2D eigenvalue weighted by Crippen LogP contribution is 2.20. The molecule has 1 unspecified atom stereocenters. The predicted molar refractivity (Wildman–Crippen MR) is 69.5 cm³/mol. The van der Waals surface area contributed by atoms with Crippen molar-refractivity contribution in [2.45, 2.75) is 26.8 Å². The Morgan fingerprint density at radius 1 is 1.28 bits per heavy atom. The van der Waals surface area contributed by atoms with Gasteiger partial charge in [0.1, 0.15) is 5.82 Å². The Bertz CT molecular complexity index is 579.